The van der Waals surface area contributed by atoms with Crippen molar-refractivity contribution in [3.8, 4) is 11.1 Å². The van der Waals surface area contributed by atoms with Crippen LogP contribution in [0.3, 0.4) is 0 Å². The van der Waals surface area contributed by atoms with E-state index in [1.54, 1.807) is 4.90 Å². The molecule has 2 aliphatic rings. The number of carbonyl (C=O) groups is 1. The molecule has 144 valence electrons. The van der Waals surface area contributed by atoms with E-state index in [1.165, 1.54) is 22.3 Å². The number of fused-ring (bicyclic) bond motifs is 3. The lowest BCUT2D eigenvalue weighted by molar-refractivity contribution is -0.0134. The normalized spacial score (nSPS) is 17.6. The molecule has 2 aromatic carbocycles. The zero-order chi connectivity index (χ0) is 18.1. The number of piperidine rings is 1. The highest BCUT2D eigenvalue weighted by atomic mass is 35.5. The Bertz CT molecular complexity index is 773. The largest absolute Gasteiger partial charge is 0.448 e. The number of amides is 1. The van der Waals surface area contributed by atoms with Crippen LogP contribution in [-0.4, -0.2) is 47.9 Å². The number of aliphatic hydroxyl groups is 1. The Kier molecular flexibility index (Phi) is 5.75. The third kappa shape index (κ3) is 3.68. The van der Waals surface area contributed by atoms with Gasteiger partial charge in [-0.05, 0) is 35.1 Å². The Morgan fingerprint density at radius 3 is 2.11 bits per heavy atom. The summed E-state index contributed by atoms with van der Waals surface area (Å²) in [5.41, 5.74) is 9.61. The molecule has 3 N–H and O–H groups in total. The molecule has 1 aliphatic heterocycles. The second kappa shape index (κ2) is 7.89. The van der Waals surface area contributed by atoms with Gasteiger partial charge in [-0.1, -0.05) is 48.5 Å². The maximum atomic E-state index is 12.5. The molecular weight excluding hydrogens is 364 g/mol. The summed E-state index contributed by atoms with van der Waals surface area (Å²) in [6.07, 6.45) is 0.674. The van der Waals surface area contributed by atoms with Crippen molar-refractivity contribution in [2.75, 3.05) is 26.2 Å². The fourth-order valence-corrected chi connectivity index (χ4v) is 3.99. The van der Waals surface area contributed by atoms with E-state index in [0.717, 1.165) is 0 Å². The second-order valence-electron chi connectivity index (χ2n) is 7.22. The summed E-state index contributed by atoms with van der Waals surface area (Å²) in [4.78, 5) is 14.1. The van der Waals surface area contributed by atoms with Crippen LogP contribution in [0.5, 0.6) is 0 Å². The lowest BCUT2D eigenvalue weighted by Crippen LogP contribution is -2.50. The first-order valence-electron chi connectivity index (χ1n) is 9.14. The molecule has 0 aromatic heterocycles. The van der Waals surface area contributed by atoms with Gasteiger partial charge in [0.25, 0.3) is 0 Å². The van der Waals surface area contributed by atoms with Gasteiger partial charge in [-0.3, -0.25) is 0 Å². The molecule has 1 saturated heterocycles. The Morgan fingerprint density at radius 1 is 1.07 bits per heavy atom. The van der Waals surface area contributed by atoms with E-state index in [-0.39, 0.29) is 31.0 Å². The van der Waals surface area contributed by atoms with E-state index < -0.39 is 5.60 Å². The van der Waals surface area contributed by atoms with Crippen molar-refractivity contribution in [1.82, 2.24) is 4.90 Å². The topological polar surface area (TPSA) is 75.8 Å². The van der Waals surface area contributed by atoms with E-state index in [1.807, 2.05) is 24.3 Å². The molecule has 0 spiro atoms. The molecule has 0 unspecified atom stereocenters. The van der Waals surface area contributed by atoms with Crippen molar-refractivity contribution >= 4 is 18.5 Å². The number of nitrogens with zero attached hydrogens (tertiary/aromatic N) is 1. The number of carbonyl (C=O) groups excluding carboxylic acids is 1. The summed E-state index contributed by atoms with van der Waals surface area (Å²) < 4.78 is 5.66. The fourth-order valence-electron chi connectivity index (χ4n) is 3.99. The van der Waals surface area contributed by atoms with E-state index in [2.05, 4.69) is 24.3 Å². The number of hydrogen-bond donors (Lipinski definition) is 2. The summed E-state index contributed by atoms with van der Waals surface area (Å²) in [5.74, 6) is 0.0668. The van der Waals surface area contributed by atoms with Crippen LogP contribution >= 0.6 is 12.4 Å². The van der Waals surface area contributed by atoms with Crippen LogP contribution in [0, 0.1) is 0 Å². The Hall–Kier alpha value is -2.08. The molecule has 27 heavy (non-hydrogen) atoms. The number of hydrogen-bond acceptors (Lipinski definition) is 4. The van der Waals surface area contributed by atoms with Gasteiger partial charge >= 0.3 is 6.09 Å². The minimum atomic E-state index is -0.847. The predicted molar refractivity (Wildman–Crippen MR) is 107 cm³/mol. The number of rotatable bonds is 3. The average molecular weight is 389 g/mol. The minimum absolute atomic E-state index is 0. The van der Waals surface area contributed by atoms with Crippen LogP contribution in [0.1, 0.15) is 29.9 Å². The van der Waals surface area contributed by atoms with E-state index in [4.69, 9.17) is 10.5 Å². The summed E-state index contributed by atoms with van der Waals surface area (Å²) in [7, 11) is 0. The van der Waals surface area contributed by atoms with Crippen molar-refractivity contribution in [3.05, 3.63) is 59.7 Å². The zero-order valence-corrected chi connectivity index (χ0v) is 16.0. The van der Waals surface area contributed by atoms with Crippen LogP contribution in [0.2, 0.25) is 0 Å². The van der Waals surface area contributed by atoms with Gasteiger partial charge < -0.3 is 20.5 Å². The van der Waals surface area contributed by atoms with Crippen LogP contribution < -0.4 is 5.73 Å². The second-order valence-corrected chi connectivity index (χ2v) is 7.22. The number of likely N-dealkylation sites (tertiary alicyclic amines) is 1. The van der Waals surface area contributed by atoms with Crippen molar-refractivity contribution in [1.29, 1.82) is 0 Å². The Labute approximate surface area is 165 Å². The Morgan fingerprint density at radius 2 is 1.59 bits per heavy atom. The first-order valence-corrected chi connectivity index (χ1v) is 9.14. The SMILES string of the molecule is Cl.NCC1(O)CCN(C(=O)OCC2c3ccccc3-c3ccccc32)CC1. The van der Waals surface area contributed by atoms with Crippen molar-refractivity contribution in [2.24, 2.45) is 5.73 Å². The highest BCUT2D eigenvalue weighted by Gasteiger charge is 2.34. The molecule has 0 bridgehead atoms. The maximum absolute atomic E-state index is 12.5. The summed E-state index contributed by atoms with van der Waals surface area (Å²) in [5, 5.41) is 10.2. The lowest BCUT2D eigenvalue weighted by atomic mass is 9.92. The van der Waals surface area contributed by atoms with Crippen LogP contribution in [0.25, 0.3) is 11.1 Å². The summed E-state index contributed by atoms with van der Waals surface area (Å²) >= 11 is 0. The quantitative estimate of drug-likeness (QED) is 0.846. The first-order chi connectivity index (χ1) is 12.6. The molecule has 0 atom stereocenters. The predicted octanol–water partition coefficient (Wildman–Crippen LogP) is 3.14. The van der Waals surface area contributed by atoms with Crippen LogP contribution in [-0.2, 0) is 4.74 Å². The molecule has 2 aromatic rings. The van der Waals surface area contributed by atoms with E-state index >= 15 is 0 Å². The molecule has 1 amide bonds. The molecule has 0 saturated carbocycles. The molecule has 4 rings (SSSR count). The molecule has 5 nitrogen and oxygen atoms in total. The third-order valence-electron chi connectivity index (χ3n) is 5.67. The monoisotopic (exact) mass is 388 g/mol. The van der Waals surface area contributed by atoms with Gasteiger partial charge in [0.2, 0.25) is 0 Å². The van der Waals surface area contributed by atoms with Gasteiger partial charge in [-0.2, -0.15) is 0 Å². The van der Waals surface area contributed by atoms with Gasteiger partial charge in [0.1, 0.15) is 6.61 Å². The Balaban J connectivity index is 0.00000210. The smallest absolute Gasteiger partial charge is 0.409 e. The molecule has 6 heteroatoms. The van der Waals surface area contributed by atoms with Crippen molar-refractivity contribution in [2.45, 2.75) is 24.4 Å². The van der Waals surface area contributed by atoms with Gasteiger partial charge in [0, 0.05) is 25.6 Å². The van der Waals surface area contributed by atoms with Crippen LogP contribution in [0.4, 0.5) is 4.79 Å². The highest BCUT2D eigenvalue weighted by molar-refractivity contribution is 5.85. The molecule has 1 heterocycles. The number of benzene rings is 2. The summed E-state index contributed by atoms with van der Waals surface area (Å²) in [6.45, 7) is 1.50. The van der Waals surface area contributed by atoms with E-state index in [9.17, 15) is 9.90 Å². The first kappa shape index (κ1) is 19.7. The maximum Gasteiger partial charge on any atom is 0.409 e. The van der Waals surface area contributed by atoms with Gasteiger partial charge in [-0.25, -0.2) is 4.79 Å². The minimum Gasteiger partial charge on any atom is -0.448 e. The van der Waals surface area contributed by atoms with Gasteiger partial charge in [0.15, 0.2) is 0 Å². The lowest BCUT2D eigenvalue weighted by Gasteiger charge is -2.36. The highest BCUT2D eigenvalue weighted by Crippen LogP contribution is 2.44. The average Bonchev–Trinajstić information content (AvgIpc) is 3.01. The van der Waals surface area contributed by atoms with Gasteiger partial charge in [-0.15, -0.1) is 12.4 Å². The molecular formula is C21H25ClN2O3. The zero-order valence-electron chi connectivity index (χ0n) is 15.1. The van der Waals surface area contributed by atoms with Crippen molar-refractivity contribution < 1.29 is 14.6 Å². The van der Waals surface area contributed by atoms with Crippen molar-refractivity contribution in [3.63, 3.8) is 0 Å². The number of halogens is 1. The molecule has 1 aliphatic carbocycles. The number of nitrogens with two attached hydrogens (primary N) is 1. The molecule has 0 radical (unpaired) electrons. The van der Waals surface area contributed by atoms with E-state index in [0.29, 0.717) is 32.5 Å². The molecule has 1 fully saturated rings. The summed E-state index contributed by atoms with van der Waals surface area (Å²) in [6, 6.07) is 16.6. The van der Waals surface area contributed by atoms with Gasteiger partial charge in [0.05, 0.1) is 5.60 Å². The number of ether oxygens (including phenoxy) is 1. The van der Waals surface area contributed by atoms with Crippen LogP contribution in [0.15, 0.2) is 48.5 Å². The standard InChI is InChI=1S/C21H24N2O3.ClH/c22-14-21(25)9-11-23(12-10-21)20(24)26-13-19-17-7-3-1-5-15(17)16-6-2-4-8-18(16)19;/h1-8,19,25H,9-14,22H2;1H. The fraction of sp³-hybridized carbons (Fsp3) is 0.381. The third-order valence-corrected chi connectivity index (χ3v) is 5.67.